The van der Waals surface area contributed by atoms with Gasteiger partial charge in [0.15, 0.2) is 9.84 Å². The van der Waals surface area contributed by atoms with Crippen LogP contribution in [0, 0.1) is 0 Å². The third-order valence-electron chi connectivity index (χ3n) is 5.38. The quantitative estimate of drug-likeness (QED) is 0.472. The number of carbonyl (C=O) groups excluding carboxylic acids is 2. The number of amides is 3. The van der Waals surface area contributed by atoms with E-state index in [1.54, 1.807) is 72.8 Å². The smallest absolute Gasteiger partial charge is 0.320 e. The van der Waals surface area contributed by atoms with Crippen LogP contribution in [0.4, 0.5) is 16.2 Å². The lowest BCUT2D eigenvalue weighted by Crippen LogP contribution is -2.47. The third kappa shape index (κ3) is 5.35. The molecule has 0 radical (unpaired) electrons. The van der Waals surface area contributed by atoms with E-state index < -0.39 is 21.4 Å². The lowest BCUT2D eigenvalue weighted by atomic mass is 10.1. The third-order valence-corrected chi connectivity index (χ3v) is 6.79. The molecule has 0 saturated heterocycles. The number of hydrogen-bond donors (Lipinski definition) is 3. The summed E-state index contributed by atoms with van der Waals surface area (Å²) in [5, 5.41) is 8.83. The van der Waals surface area contributed by atoms with Crippen LogP contribution in [0.3, 0.4) is 0 Å². The van der Waals surface area contributed by atoms with E-state index in [1.807, 2.05) is 0 Å². The fourth-order valence-electron chi connectivity index (χ4n) is 3.46. The Morgan fingerprint density at radius 1 is 0.848 bits per heavy atom. The number of halogens is 1. The lowest BCUT2D eigenvalue weighted by molar-refractivity contribution is -0.118. The molecule has 0 unspecified atom stereocenters. The van der Waals surface area contributed by atoms with Crippen LogP contribution in [-0.4, -0.2) is 32.2 Å². The average molecular weight is 484 g/mol. The summed E-state index contributed by atoms with van der Waals surface area (Å²) in [5.41, 5.74) is 1.47. The predicted molar refractivity (Wildman–Crippen MR) is 129 cm³/mol. The van der Waals surface area contributed by atoms with Gasteiger partial charge in [-0.25, -0.2) is 13.2 Å². The second-order valence-corrected chi connectivity index (χ2v) is 10.4. The molecular weight excluding hydrogens is 462 g/mol. The van der Waals surface area contributed by atoms with E-state index in [1.165, 1.54) is 6.26 Å². The van der Waals surface area contributed by atoms with Crippen LogP contribution in [0.2, 0.25) is 5.02 Å². The first-order valence-electron chi connectivity index (χ1n) is 10.2. The minimum absolute atomic E-state index is 0.245. The van der Waals surface area contributed by atoms with Gasteiger partial charge in [0.25, 0.3) is 0 Å². The second kappa shape index (κ2) is 8.88. The maximum absolute atomic E-state index is 12.8. The Bertz CT molecular complexity index is 1300. The molecule has 0 spiro atoms. The normalized spacial score (nSPS) is 14.2. The summed E-state index contributed by atoms with van der Waals surface area (Å²) in [6, 6.07) is 19.9. The monoisotopic (exact) mass is 483 g/mol. The molecule has 33 heavy (non-hydrogen) atoms. The fraction of sp³-hybridized carbons (Fsp3) is 0.167. The van der Waals surface area contributed by atoms with Crippen molar-refractivity contribution in [2.45, 2.75) is 23.3 Å². The van der Waals surface area contributed by atoms with E-state index in [2.05, 4.69) is 16.0 Å². The van der Waals surface area contributed by atoms with E-state index >= 15 is 0 Å². The van der Waals surface area contributed by atoms with Gasteiger partial charge in [-0.3, -0.25) is 4.79 Å². The van der Waals surface area contributed by atoms with Crippen molar-refractivity contribution in [2.75, 3.05) is 16.9 Å². The van der Waals surface area contributed by atoms with Crippen molar-refractivity contribution in [3.8, 4) is 11.1 Å². The summed E-state index contributed by atoms with van der Waals surface area (Å²) in [5.74, 6) is -0.307. The number of anilines is 2. The fourth-order valence-corrected chi connectivity index (χ4v) is 4.50. The zero-order valence-electron chi connectivity index (χ0n) is 17.8. The molecule has 7 nitrogen and oxygen atoms in total. The Morgan fingerprint density at radius 2 is 1.42 bits per heavy atom. The molecule has 0 aromatic heterocycles. The SMILES string of the molecule is CS(=O)(=O)c1ccccc1-c1ccc(NC(=O)C2(NC(=O)Nc3ccc(Cl)cc3)CC2)cc1. The van der Waals surface area contributed by atoms with Crippen LogP contribution < -0.4 is 16.0 Å². The number of hydrogen-bond acceptors (Lipinski definition) is 4. The molecule has 3 aromatic carbocycles. The Kier molecular flexibility index (Phi) is 6.14. The highest BCUT2D eigenvalue weighted by Crippen LogP contribution is 2.37. The van der Waals surface area contributed by atoms with Gasteiger partial charge in [-0.15, -0.1) is 0 Å². The topological polar surface area (TPSA) is 104 Å². The summed E-state index contributed by atoms with van der Waals surface area (Å²) < 4.78 is 24.1. The molecule has 0 aliphatic heterocycles. The lowest BCUT2D eigenvalue weighted by Gasteiger charge is -2.18. The van der Waals surface area contributed by atoms with E-state index in [9.17, 15) is 18.0 Å². The molecule has 3 N–H and O–H groups in total. The molecule has 9 heteroatoms. The molecule has 1 aliphatic carbocycles. The van der Waals surface area contributed by atoms with Crippen LogP contribution in [-0.2, 0) is 14.6 Å². The molecule has 1 fully saturated rings. The molecule has 4 rings (SSSR count). The van der Waals surface area contributed by atoms with Crippen LogP contribution >= 0.6 is 11.6 Å². The highest BCUT2D eigenvalue weighted by atomic mass is 35.5. The molecule has 0 atom stereocenters. The minimum atomic E-state index is -3.38. The van der Waals surface area contributed by atoms with Gasteiger partial charge in [0.2, 0.25) is 5.91 Å². The van der Waals surface area contributed by atoms with Gasteiger partial charge >= 0.3 is 6.03 Å². The minimum Gasteiger partial charge on any atom is -0.324 e. The molecule has 1 saturated carbocycles. The van der Waals surface area contributed by atoms with Gasteiger partial charge in [-0.1, -0.05) is 41.9 Å². The van der Waals surface area contributed by atoms with Crippen molar-refractivity contribution in [1.82, 2.24) is 5.32 Å². The zero-order valence-corrected chi connectivity index (χ0v) is 19.3. The Hall–Kier alpha value is -3.36. The molecule has 3 amide bonds. The molecular formula is C24H22ClN3O4S. The Balaban J connectivity index is 1.42. The van der Waals surface area contributed by atoms with Gasteiger partial charge in [0, 0.05) is 28.2 Å². The zero-order chi connectivity index (χ0) is 23.6. The average Bonchev–Trinajstić information content (AvgIpc) is 3.56. The van der Waals surface area contributed by atoms with E-state index in [4.69, 9.17) is 11.6 Å². The standard InChI is InChI=1S/C24H22ClN3O4S/c1-33(31,32)21-5-3-2-4-20(21)16-6-10-18(11-7-16)26-22(29)24(14-15-24)28-23(30)27-19-12-8-17(25)9-13-19/h2-13H,14-15H2,1H3,(H,26,29)(H2,27,28,30). The van der Waals surface area contributed by atoms with E-state index in [-0.39, 0.29) is 10.8 Å². The number of nitrogens with one attached hydrogen (secondary N) is 3. The summed E-state index contributed by atoms with van der Waals surface area (Å²) in [4.78, 5) is 25.4. The van der Waals surface area contributed by atoms with Crippen molar-refractivity contribution < 1.29 is 18.0 Å². The van der Waals surface area contributed by atoms with Crippen molar-refractivity contribution in [3.05, 3.63) is 77.8 Å². The Labute approximate surface area is 197 Å². The number of carbonyl (C=O) groups is 2. The van der Waals surface area contributed by atoms with Gasteiger partial charge < -0.3 is 16.0 Å². The Morgan fingerprint density at radius 3 is 2.03 bits per heavy atom. The van der Waals surface area contributed by atoms with Crippen LogP contribution in [0.15, 0.2) is 77.7 Å². The molecule has 170 valence electrons. The first-order valence-corrected chi connectivity index (χ1v) is 12.5. The van der Waals surface area contributed by atoms with E-state index in [0.717, 1.165) is 5.56 Å². The van der Waals surface area contributed by atoms with E-state index in [0.29, 0.717) is 34.8 Å². The number of urea groups is 1. The van der Waals surface area contributed by atoms with Gasteiger partial charge in [-0.05, 0) is 60.9 Å². The van der Waals surface area contributed by atoms with Crippen LogP contribution in [0.1, 0.15) is 12.8 Å². The summed E-state index contributed by atoms with van der Waals surface area (Å²) in [6.45, 7) is 0. The number of benzene rings is 3. The number of rotatable bonds is 6. The molecule has 3 aromatic rings. The van der Waals surface area contributed by atoms with Crippen molar-refractivity contribution >= 4 is 44.8 Å². The summed E-state index contributed by atoms with van der Waals surface area (Å²) in [7, 11) is -3.38. The van der Waals surface area contributed by atoms with Gasteiger partial charge in [0.1, 0.15) is 5.54 Å². The highest BCUT2D eigenvalue weighted by molar-refractivity contribution is 7.90. The first-order chi connectivity index (χ1) is 15.7. The maximum atomic E-state index is 12.8. The first kappa shape index (κ1) is 22.8. The summed E-state index contributed by atoms with van der Waals surface area (Å²) >= 11 is 5.85. The van der Waals surface area contributed by atoms with Gasteiger partial charge in [-0.2, -0.15) is 0 Å². The highest BCUT2D eigenvalue weighted by Gasteiger charge is 2.51. The van der Waals surface area contributed by atoms with Crippen LogP contribution in [0.25, 0.3) is 11.1 Å². The molecule has 0 bridgehead atoms. The predicted octanol–water partition coefficient (Wildman–Crippen LogP) is 4.70. The van der Waals surface area contributed by atoms with Crippen molar-refractivity contribution in [1.29, 1.82) is 0 Å². The maximum Gasteiger partial charge on any atom is 0.320 e. The van der Waals surface area contributed by atoms with Gasteiger partial charge in [0.05, 0.1) is 4.90 Å². The van der Waals surface area contributed by atoms with Crippen LogP contribution in [0.5, 0.6) is 0 Å². The second-order valence-electron chi connectivity index (χ2n) is 7.97. The van der Waals surface area contributed by atoms with Crippen molar-refractivity contribution in [3.63, 3.8) is 0 Å². The largest absolute Gasteiger partial charge is 0.324 e. The molecule has 1 aliphatic rings. The summed E-state index contributed by atoms with van der Waals surface area (Å²) in [6.07, 6.45) is 2.24. The molecule has 0 heterocycles. The number of sulfone groups is 1. The van der Waals surface area contributed by atoms with Crippen molar-refractivity contribution in [2.24, 2.45) is 0 Å².